The van der Waals surface area contributed by atoms with Crippen LogP contribution in [0.2, 0.25) is 0 Å². The topological polar surface area (TPSA) is 21.3 Å². The number of ether oxygens (including phenoxy) is 1. The zero-order valence-corrected chi connectivity index (χ0v) is 9.64. The van der Waals surface area contributed by atoms with Crippen molar-refractivity contribution in [2.45, 2.75) is 26.2 Å². The van der Waals surface area contributed by atoms with Gasteiger partial charge in [-0.3, -0.25) is 0 Å². The molecule has 14 heavy (non-hydrogen) atoms. The van der Waals surface area contributed by atoms with Crippen LogP contribution in [0.25, 0.3) is 0 Å². The summed E-state index contributed by atoms with van der Waals surface area (Å²) in [7, 11) is 3.59. The first-order valence-electron chi connectivity index (χ1n) is 4.85. The molecule has 1 rings (SSSR count). The van der Waals surface area contributed by atoms with Gasteiger partial charge in [0.25, 0.3) is 0 Å². The quantitative estimate of drug-likeness (QED) is 0.779. The number of hydrogen-bond donors (Lipinski definition) is 1. The van der Waals surface area contributed by atoms with Crippen LogP contribution in [0, 0.1) is 0 Å². The molecule has 0 aliphatic heterocycles. The molecule has 2 heteroatoms. The summed E-state index contributed by atoms with van der Waals surface area (Å²) in [6, 6.07) is 6.25. The Morgan fingerprint density at radius 1 is 1.21 bits per heavy atom. The largest absolute Gasteiger partial charge is 0.495 e. The summed E-state index contributed by atoms with van der Waals surface area (Å²) in [5.41, 5.74) is 2.53. The van der Waals surface area contributed by atoms with E-state index in [2.05, 4.69) is 38.2 Å². The van der Waals surface area contributed by atoms with Crippen LogP contribution in [-0.2, 0) is 5.41 Å². The van der Waals surface area contributed by atoms with Crippen LogP contribution in [-0.4, -0.2) is 14.2 Å². The van der Waals surface area contributed by atoms with Crippen molar-refractivity contribution in [1.29, 1.82) is 0 Å². The van der Waals surface area contributed by atoms with E-state index in [9.17, 15) is 0 Å². The molecule has 0 saturated carbocycles. The minimum Gasteiger partial charge on any atom is -0.495 e. The Hall–Kier alpha value is -1.18. The van der Waals surface area contributed by atoms with E-state index in [0.717, 1.165) is 11.4 Å². The lowest BCUT2D eigenvalue weighted by atomic mass is 9.87. The highest BCUT2D eigenvalue weighted by Crippen LogP contribution is 2.30. The number of benzene rings is 1. The highest BCUT2D eigenvalue weighted by Gasteiger charge is 2.15. The third-order valence-corrected chi connectivity index (χ3v) is 2.33. The Morgan fingerprint density at radius 2 is 1.86 bits per heavy atom. The molecule has 0 bridgehead atoms. The van der Waals surface area contributed by atoms with Gasteiger partial charge in [0.05, 0.1) is 12.8 Å². The molecule has 0 heterocycles. The van der Waals surface area contributed by atoms with Crippen molar-refractivity contribution in [2.75, 3.05) is 19.5 Å². The molecule has 0 atom stereocenters. The molecule has 0 aliphatic rings. The highest BCUT2D eigenvalue weighted by molar-refractivity contribution is 5.58. The lowest BCUT2D eigenvalue weighted by molar-refractivity contribution is 0.416. The van der Waals surface area contributed by atoms with Crippen molar-refractivity contribution in [3.8, 4) is 5.75 Å². The van der Waals surface area contributed by atoms with Crippen LogP contribution in [0.15, 0.2) is 18.2 Å². The van der Waals surface area contributed by atoms with Crippen molar-refractivity contribution in [3.63, 3.8) is 0 Å². The summed E-state index contributed by atoms with van der Waals surface area (Å²) in [6.07, 6.45) is 0. The van der Waals surface area contributed by atoms with E-state index in [1.165, 1.54) is 5.56 Å². The normalized spacial score (nSPS) is 11.2. The van der Waals surface area contributed by atoms with Gasteiger partial charge >= 0.3 is 0 Å². The zero-order valence-electron chi connectivity index (χ0n) is 9.64. The number of hydrogen-bond acceptors (Lipinski definition) is 2. The van der Waals surface area contributed by atoms with Gasteiger partial charge in [-0.05, 0) is 23.1 Å². The summed E-state index contributed by atoms with van der Waals surface area (Å²) in [4.78, 5) is 0. The van der Waals surface area contributed by atoms with Crippen LogP contribution in [0.5, 0.6) is 5.75 Å². The average Bonchev–Trinajstić information content (AvgIpc) is 2.15. The summed E-state index contributed by atoms with van der Waals surface area (Å²) < 4.78 is 5.24. The third kappa shape index (κ3) is 2.19. The minimum absolute atomic E-state index is 0.178. The first kappa shape index (κ1) is 10.9. The summed E-state index contributed by atoms with van der Waals surface area (Å²) in [6.45, 7) is 6.61. The predicted molar refractivity (Wildman–Crippen MR) is 61.2 cm³/mol. The molecule has 0 radical (unpaired) electrons. The second-order valence-electron chi connectivity index (χ2n) is 4.42. The SMILES string of the molecule is CNc1cc(C(C)(C)C)ccc1OC. The monoisotopic (exact) mass is 193 g/mol. The molecule has 0 amide bonds. The smallest absolute Gasteiger partial charge is 0.141 e. The number of methoxy groups -OCH3 is 1. The molecule has 2 nitrogen and oxygen atoms in total. The van der Waals surface area contributed by atoms with Gasteiger partial charge in [0, 0.05) is 7.05 Å². The lowest BCUT2D eigenvalue weighted by Crippen LogP contribution is -2.11. The molecule has 1 aromatic rings. The first-order chi connectivity index (χ1) is 6.49. The molecule has 0 fully saturated rings. The molecule has 1 aromatic carbocycles. The van der Waals surface area contributed by atoms with Gasteiger partial charge in [-0.15, -0.1) is 0 Å². The maximum atomic E-state index is 5.24. The molecule has 0 spiro atoms. The second-order valence-corrected chi connectivity index (χ2v) is 4.42. The first-order valence-corrected chi connectivity index (χ1v) is 4.85. The maximum absolute atomic E-state index is 5.24. The van der Waals surface area contributed by atoms with Crippen LogP contribution < -0.4 is 10.1 Å². The maximum Gasteiger partial charge on any atom is 0.141 e. The second kappa shape index (κ2) is 3.91. The third-order valence-electron chi connectivity index (χ3n) is 2.33. The standard InChI is InChI=1S/C12H19NO/c1-12(2,3)9-6-7-11(14-5)10(8-9)13-4/h6-8,13H,1-5H3. The summed E-state index contributed by atoms with van der Waals surface area (Å²) in [5, 5.41) is 3.13. The van der Waals surface area contributed by atoms with Crippen molar-refractivity contribution >= 4 is 5.69 Å². The summed E-state index contributed by atoms with van der Waals surface area (Å²) in [5.74, 6) is 0.889. The van der Waals surface area contributed by atoms with Crippen LogP contribution >= 0.6 is 0 Å². The van der Waals surface area contributed by atoms with Gasteiger partial charge in [-0.2, -0.15) is 0 Å². The van der Waals surface area contributed by atoms with E-state index in [1.807, 2.05) is 13.1 Å². The fourth-order valence-corrected chi connectivity index (χ4v) is 1.37. The van der Waals surface area contributed by atoms with E-state index in [4.69, 9.17) is 4.74 Å². The fourth-order valence-electron chi connectivity index (χ4n) is 1.37. The molecule has 0 saturated heterocycles. The summed E-state index contributed by atoms with van der Waals surface area (Å²) >= 11 is 0. The Morgan fingerprint density at radius 3 is 2.29 bits per heavy atom. The van der Waals surface area contributed by atoms with E-state index >= 15 is 0 Å². The zero-order chi connectivity index (χ0) is 10.8. The van der Waals surface area contributed by atoms with E-state index < -0.39 is 0 Å². The van der Waals surface area contributed by atoms with Crippen LogP contribution in [0.3, 0.4) is 0 Å². The Bertz CT molecular complexity index is 313. The van der Waals surface area contributed by atoms with Crippen molar-refractivity contribution < 1.29 is 4.74 Å². The van der Waals surface area contributed by atoms with Gasteiger partial charge in [0.15, 0.2) is 0 Å². The Labute approximate surface area is 86.3 Å². The number of anilines is 1. The molecule has 0 aromatic heterocycles. The van der Waals surface area contributed by atoms with Gasteiger partial charge in [-0.1, -0.05) is 26.8 Å². The minimum atomic E-state index is 0.178. The lowest BCUT2D eigenvalue weighted by Gasteiger charge is -2.20. The van der Waals surface area contributed by atoms with Crippen molar-refractivity contribution in [2.24, 2.45) is 0 Å². The Balaban J connectivity index is 3.14. The van der Waals surface area contributed by atoms with Gasteiger partial charge in [-0.25, -0.2) is 0 Å². The van der Waals surface area contributed by atoms with E-state index in [1.54, 1.807) is 7.11 Å². The molecule has 0 aliphatic carbocycles. The van der Waals surface area contributed by atoms with E-state index in [-0.39, 0.29) is 5.41 Å². The predicted octanol–water partition coefficient (Wildman–Crippen LogP) is 3.03. The number of rotatable bonds is 2. The fraction of sp³-hybridized carbons (Fsp3) is 0.500. The average molecular weight is 193 g/mol. The van der Waals surface area contributed by atoms with Crippen molar-refractivity contribution in [3.05, 3.63) is 23.8 Å². The molecule has 1 N–H and O–H groups in total. The van der Waals surface area contributed by atoms with Gasteiger partial charge in [0.1, 0.15) is 5.75 Å². The molecule has 0 unspecified atom stereocenters. The van der Waals surface area contributed by atoms with Crippen LogP contribution in [0.1, 0.15) is 26.3 Å². The van der Waals surface area contributed by atoms with Gasteiger partial charge in [0.2, 0.25) is 0 Å². The highest BCUT2D eigenvalue weighted by atomic mass is 16.5. The molecular weight excluding hydrogens is 174 g/mol. The number of nitrogens with one attached hydrogen (secondary N) is 1. The van der Waals surface area contributed by atoms with Crippen molar-refractivity contribution in [1.82, 2.24) is 0 Å². The Kier molecular flexibility index (Phi) is 3.04. The van der Waals surface area contributed by atoms with E-state index in [0.29, 0.717) is 0 Å². The van der Waals surface area contributed by atoms with Gasteiger partial charge < -0.3 is 10.1 Å². The molecular formula is C12H19NO. The van der Waals surface area contributed by atoms with Crippen LogP contribution in [0.4, 0.5) is 5.69 Å². The molecule has 78 valence electrons.